The Morgan fingerprint density at radius 3 is 2.08 bits per heavy atom. The number of hydrogen-bond acceptors (Lipinski definition) is 6. The Morgan fingerprint density at radius 1 is 1.25 bits per heavy atom. The molecular weight excluding hydrogens is 168 g/mol. The summed E-state index contributed by atoms with van der Waals surface area (Å²) in [5.41, 5.74) is 0. The van der Waals surface area contributed by atoms with Crippen molar-refractivity contribution in [2.24, 2.45) is 0 Å². The summed E-state index contributed by atoms with van der Waals surface area (Å²) in [7, 11) is 0. The highest BCUT2D eigenvalue weighted by atomic mass is 16.4. The van der Waals surface area contributed by atoms with E-state index in [4.69, 9.17) is 26.9 Å². The summed E-state index contributed by atoms with van der Waals surface area (Å²) < 4.78 is 6.40. The number of aldehydes is 1. The van der Waals surface area contributed by atoms with Gasteiger partial charge in [-0.1, -0.05) is 0 Å². The highest BCUT2D eigenvalue weighted by Crippen LogP contribution is 2.02. The topological polar surface area (TPSA) is 118 Å². The molecule has 6 nitrogen and oxygen atoms in total. The summed E-state index contributed by atoms with van der Waals surface area (Å²) in [6.45, 7) is -0.822. The molecule has 0 spiro atoms. The van der Waals surface area contributed by atoms with Crippen LogP contribution < -0.4 is 0 Å². The molecule has 0 amide bonds. The lowest BCUT2D eigenvalue weighted by atomic mass is 10.0. The van der Waals surface area contributed by atoms with Gasteiger partial charge in [0.1, 0.15) is 25.8 Å². The summed E-state index contributed by atoms with van der Waals surface area (Å²) >= 11 is 0. The SMILES string of the molecule is [2H]C(=O)[C@H](O)[C@@H](O)[C@H](O)[C@H](O)CO. The van der Waals surface area contributed by atoms with Crippen LogP contribution in [0.5, 0.6) is 0 Å². The zero-order valence-electron chi connectivity index (χ0n) is 7.16. The Kier molecular flexibility index (Phi) is 4.12. The maximum atomic E-state index is 10.2. The molecule has 0 radical (unpaired) electrons. The number of rotatable bonds is 5. The van der Waals surface area contributed by atoms with Gasteiger partial charge in [-0.2, -0.15) is 0 Å². The van der Waals surface area contributed by atoms with E-state index in [-0.39, 0.29) is 0 Å². The summed E-state index contributed by atoms with van der Waals surface area (Å²) in [5.74, 6) is 0. The monoisotopic (exact) mass is 181 g/mol. The predicted molar refractivity (Wildman–Crippen MR) is 37.2 cm³/mol. The number of aliphatic hydroxyl groups is 5. The summed E-state index contributed by atoms with van der Waals surface area (Å²) in [5, 5.41) is 43.8. The molecule has 0 saturated carbocycles. The smallest absolute Gasteiger partial charge is 0.151 e. The van der Waals surface area contributed by atoms with E-state index in [0.717, 1.165) is 0 Å². The molecule has 72 valence electrons. The average molecular weight is 181 g/mol. The number of hydrogen-bond donors (Lipinski definition) is 5. The van der Waals surface area contributed by atoms with Crippen molar-refractivity contribution in [2.75, 3.05) is 6.61 Å². The average Bonchev–Trinajstić information content (AvgIpc) is 2.12. The van der Waals surface area contributed by atoms with Gasteiger partial charge in [0, 0.05) is 0 Å². The van der Waals surface area contributed by atoms with Crippen LogP contribution in [0.3, 0.4) is 0 Å². The van der Waals surface area contributed by atoms with Gasteiger partial charge in [0.15, 0.2) is 6.26 Å². The summed E-state index contributed by atoms with van der Waals surface area (Å²) in [6, 6.07) is 0. The van der Waals surface area contributed by atoms with E-state index in [9.17, 15) is 4.79 Å². The molecule has 4 atom stereocenters. The van der Waals surface area contributed by atoms with Crippen LogP contribution in [-0.2, 0) is 4.79 Å². The van der Waals surface area contributed by atoms with E-state index in [1.807, 2.05) is 0 Å². The molecule has 0 unspecified atom stereocenters. The standard InChI is InChI=1S/C6H12O6/c7-1-3(9)5(11)6(12)4(10)2-8/h1,3-6,8-12H,2H2/t3-,4+,5+,6+/m0/s1/i1D. The van der Waals surface area contributed by atoms with Crippen molar-refractivity contribution in [1.29, 1.82) is 0 Å². The zero-order chi connectivity index (χ0) is 10.6. The minimum absolute atomic E-state index is 0.822. The van der Waals surface area contributed by atoms with Gasteiger partial charge in [-0.3, -0.25) is 0 Å². The van der Waals surface area contributed by atoms with Crippen LogP contribution in [0.1, 0.15) is 1.37 Å². The van der Waals surface area contributed by atoms with Gasteiger partial charge in [0.25, 0.3) is 0 Å². The van der Waals surface area contributed by atoms with Gasteiger partial charge in [-0.15, -0.1) is 0 Å². The minimum Gasteiger partial charge on any atom is -0.394 e. The van der Waals surface area contributed by atoms with Crippen molar-refractivity contribution >= 4 is 6.26 Å². The molecule has 0 bridgehead atoms. The van der Waals surface area contributed by atoms with Crippen molar-refractivity contribution in [3.05, 3.63) is 0 Å². The van der Waals surface area contributed by atoms with Gasteiger partial charge in [-0.05, 0) is 0 Å². The van der Waals surface area contributed by atoms with Gasteiger partial charge in [0.2, 0.25) is 0 Å². The lowest BCUT2D eigenvalue weighted by molar-refractivity contribution is -0.136. The van der Waals surface area contributed by atoms with Crippen LogP contribution >= 0.6 is 0 Å². The molecule has 12 heavy (non-hydrogen) atoms. The molecule has 0 aromatic heterocycles. The van der Waals surface area contributed by atoms with E-state index in [1.54, 1.807) is 0 Å². The van der Waals surface area contributed by atoms with E-state index in [2.05, 4.69) is 0 Å². The maximum absolute atomic E-state index is 10.2. The molecule has 0 fully saturated rings. The van der Waals surface area contributed by atoms with Crippen LogP contribution in [0.15, 0.2) is 0 Å². The normalized spacial score (nSPS) is 22.2. The lowest BCUT2D eigenvalue weighted by Gasteiger charge is -2.22. The van der Waals surface area contributed by atoms with Crippen LogP contribution in [0.2, 0.25) is 0 Å². The quantitative estimate of drug-likeness (QED) is 0.282. The second-order valence-electron chi connectivity index (χ2n) is 2.29. The molecule has 0 aliphatic heterocycles. The lowest BCUT2D eigenvalue weighted by Crippen LogP contribution is -2.46. The molecule has 6 heteroatoms. The first-order chi connectivity index (χ1) is 5.91. The molecule has 0 saturated heterocycles. The molecule has 5 N–H and O–H groups in total. The molecule has 0 rings (SSSR count). The van der Waals surface area contributed by atoms with Crippen LogP contribution in [0, 0.1) is 0 Å². The summed E-state index contributed by atoms with van der Waals surface area (Å²) in [4.78, 5) is 10.2. The maximum Gasteiger partial charge on any atom is 0.151 e. The number of carbonyl (C=O) groups is 1. The Hall–Kier alpha value is -0.530. The fourth-order valence-electron chi connectivity index (χ4n) is 0.592. The van der Waals surface area contributed by atoms with Crippen molar-refractivity contribution < 1.29 is 31.7 Å². The molecule has 0 heterocycles. The molecule has 0 aliphatic rings. The Balaban J connectivity index is 4.24. The van der Waals surface area contributed by atoms with Gasteiger partial charge >= 0.3 is 0 Å². The zero-order valence-corrected chi connectivity index (χ0v) is 6.16. The second kappa shape index (κ2) is 5.18. The van der Waals surface area contributed by atoms with Crippen LogP contribution in [-0.4, -0.2) is 62.8 Å². The second-order valence-corrected chi connectivity index (χ2v) is 2.29. The number of carbonyl (C=O) groups excluding carboxylic acids is 1. The summed E-state index contributed by atoms with van der Waals surface area (Å²) in [6.07, 6.45) is -9.07. The van der Waals surface area contributed by atoms with Crippen molar-refractivity contribution in [2.45, 2.75) is 24.4 Å². The highest BCUT2D eigenvalue weighted by Gasteiger charge is 2.29. The first-order valence-corrected chi connectivity index (χ1v) is 3.25. The van der Waals surface area contributed by atoms with Gasteiger partial charge < -0.3 is 30.3 Å². The largest absolute Gasteiger partial charge is 0.394 e. The van der Waals surface area contributed by atoms with Crippen molar-refractivity contribution in [1.82, 2.24) is 0 Å². The van der Waals surface area contributed by atoms with E-state index >= 15 is 0 Å². The molecule has 0 aliphatic carbocycles. The number of aliphatic hydroxyl groups excluding tert-OH is 5. The van der Waals surface area contributed by atoms with Gasteiger partial charge in [0.05, 0.1) is 6.61 Å². The van der Waals surface area contributed by atoms with E-state index in [0.29, 0.717) is 0 Å². The Labute approximate surface area is 70.1 Å². The van der Waals surface area contributed by atoms with Crippen molar-refractivity contribution in [3.8, 4) is 0 Å². The molecule has 0 aromatic rings. The Morgan fingerprint density at radius 2 is 1.75 bits per heavy atom. The minimum atomic E-state index is -2.09. The first-order valence-electron chi connectivity index (χ1n) is 3.75. The molecular formula is C6H12O6. The van der Waals surface area contributed by atoms with Crippen molar-refractivity contribution in [3.63, 3.8) is 0 Å². The highest BCUT2D eigenvalue weighted by molar-refractivity contribution is 5.56. The van der Waals surface area contributed by atoms with Crippen LogP contribution in [0.25, 0.3) is 0 Å². The Bertz CT molecular complexity index is 175. The van der Waals surface area contributed by atoms with Crippen LogP contribution in [0.4, 0.5) is 0 Å². The third-order valence-corrected chi connectivity index (χ3v) is 1.38. The van der Waals surface area contributed by atoms with Gasteiger partial charge in [-0.25, -0.2) is 0 Å². The predicted octanol–water partition coefficient (Wildman–Crippen LogP) is -3.38. The molecule has 0 aromatic carbocycles. The van der Waals surface area contributed by atoms with E-state index < -0.39 is 37.3 Å². The fraction of sp³-hybridized carbons (Fsp3) is 0.833. The third kappa shape index (κ3) is 2.84. The fourth-order valence-corrected chi connectivity index (χ4v) is 0.592. The van der Waals surface area contributed by atoms with E-state index in [1.165, 1.54) is 0 Å². The first kappa shape index (κ1) is 9.56. The third-order valence-electron chi connectivity index (χ3n) is 1.38.